The van der Waals surface area contributed by atoms with Gasteiger partial charge in [-0.05, 0) is 71.4 Å². The molecule has 3 amide bonds. The third kappa shape index (κ3) is 13.6. The van der Waals surface area contributed by atoms with Gasteiger partial charge in [-0.15, -0.1) is 0 Å². The molecule has 0 aliphatic heterocycles. The van der Waals surface area contributed by atoms with Crippen LogP contribution in [0.1, 0.15) is 105 Å². The second-order valence-electron chi connectivity index (χ2n) is 14.2. The van der Waals surface area contributed by atoms with E-state index in [1.165, 1.54) is 0 Å². The maximum absolute atomic E-state index is 14.5. The van der Waals surface area contributed by atoms with Crippen LogP contribution in [0.4, 0.5) is 4.79 Å². The van der Waals surface area contributed by atoms with Crippen molar-refractivity contribution in [3.63, 3.8) is 0 Å². The summed E-state index contributed by atoms with van der Waals surface area (Å²) in [7, 11) is 0. The zero-order chi connectivity index (χ0) is 34.5. The van der Waals surface area contributed by atoms with Gasteiger partial charge in [0.1, 0.15) is 29.3 Å². The fourth-order valence-corrected chi connectivity index (χ4v) is 5.02. The molecule has 0 saturated carbocycles. The Bertz CT molecular complexity index is 1250. The molecular weight excluding hydrogens is 582 g/mol. The molecule has 2 rings (SSSR count). The highest BCUT2D eigenvalue weighted by atomic mass is 16.6. The normalized spacial score (nSPS) is 13.7. The lowest BCUT2D eigenvalue weighted by atomic mass is 9.98. The maximum Gasteiger partial charge on any atom is 0.408 e. The number of alkyl carbamates (subject to hydrolysis) is 1. The molecule has 0 saturated heterocycles. The largest absolute Gasteiger partial charge is 0.458 e. The van der Waals surface area contributed by atoms with Crippen LogP contribution < -0.4 is 10.6 Å². The lowest BCUT2D eigenvalue weighted by Crippen LogP contribution is -2.55. The number of carbonyl (C=O) groups is 4. The minimum Gasteiger partial charge on any atom is -0.458 e. The number of hydrogen-bond acceptors (Lipinski definition) is 6. The van der Waals surface area contributed by atoms with E-state index in [4.69, 9.17) is 9.47 Å². The van der Waals surface area contributed by atoms with Gasteiger partial charge < -0.3 is 25.0 Å². The lowest BCUT2D eigenvalue weighted by Gasteiger charge is -2.36. The first-order valence-corrected chi connectivity index (χ1v) is 16.4. The Morgan fingerprint density at radius 2 is 1.33 bits per heavy atom. The van der Waals surface area contributed by atoms with Gasteiger partial charge >= 0.3 is 12.1 Å². The molecule has 2 aromatic carbocycles. The Kier molecular flexibility index (Phi) is 14.8. The second-order valence-corrected chi connectivity index (χ2v) is 14.2. The van der Waals surface area contributed by atoms with Gasteiger partial charge in [0.15, 0.2) is 0 Å². The van der Waals surface area contributed by atoms with Crippen molar-refractivity contribution in [3.8, 4) is 0 Å². The predicted molar refractivity (Wildman–Crippen MR) is 181 cm³/mol. The summed E-state index contributed by atoms with van der Waals surface area (Å²) in [5.74, 6) is -1.41. The zero-order valence-corrected chi connectivity index (χ0v) is 29.2. The molecule has 0 aromatic heterocycles. The summed E-state index contributed by atoms with van der Waals surface area (Å²) >= 11 is 0. The first-order chi connectivity index (χ1) is 21.5. The van der Waals surface area contributed by atoms with Crippen molar-refractivity contribution in [2.24, 2.45) is 5.92 Å². The summed E-state index contributed by atoms with van der Waals surface area (Å²) in [5.41, 5.74) is -0.0784. The van der Waals surface area contributed by atoms with Crippen LogP contribution >= 0.6 is 0 Å². The number of carbonyl (C=O) groups excluding carboxylic acids is 4. The fourth-order valence-electron chi connectivity index (χ4n) is 5.02. The topological polar surface area (TPSA) is 114 Å². The lowest BCUT2D eigenvalue weighted by molar-refractivity contribution is -0.159. The number of nitrogens with one attached hydrogen (secondary N) is 2. The van der Waals surface area contributed by atoms with Crippen molar-refractivity contribution >= 4 is 23.9 Å². The van der Waals surface area contributed by atoms with Crippen molar-refractivity contribution in [1.29, 1.82) is 0 Å². The Morgan fingerprint density at radius 1 is 0.761 bits per heavy atom. The molecule has 0 aliphatic carbocycles. The standard InChI is InChI=1S/C37H55N3O6/c1-10-11-18-23-40(33(42)29(24-26(2)3)39-35(44)46-37(7,8)9)31(28-21-16-13-17-22-28)32(41)38-30(34(43)45-36(4,5)6)25-27-19-14-12-15-20-27/h12-17,19-22,26,29-31H,10-11,18,23-25H2,1-9H3,(H,38,41)(H,39,44). The number of rotatable bonds is 15. The minimum atomic E-state index is -1.07. The summed E-state index contributed by atoms with van der Waals surface area (Å²) in [6, 6.07) is 15.4. The van der Waals surface area contributed by atoms with E-state index in [2.05, 4.69) is 17.6 Å². The van der Waals surface area contributed by atoms with E-state index >= 15 is 0 Å². The van der Waals surface area contributed by atoms with Crippen LogP contribution in [0.25, 0.3) is 0 Å². The van der Waals surface area contributed by atoms with Gasteiger partial charge in [0.2, 0.25) is 11.8 Å². The summed E-state index contributed by atoms with van der Waals surface area (Å²) < 4.78 is 11.2. The Hall–Kier alpha value is -3.88. The smallest absolute Gasteiger partial charge is 0.408 e. The number of hydrogen-bond donors (Lipinski definition) is 2. The number of ether oxygens (including phenoxy) is 2. The molecule has 2 aromatic rings. The summed E-state index contributed by atoms with van der Waals surface area (Å²) in [5, 5.41) is 5.72. The molecule has 9 heteroatoms. The van der Waals surface area contributed by atoms with E-state index < -0.39 is 53.2 Å². The first kappa shape index (κ1) is 38.3. The maximum atomic E-state index is 14.5. The fraction of sp³-hybridized carbons (Fsp3) is 0.568. The van der Waals surface area contributed by atoms with Gasteiger partial charge in [0.05, 0.1) is 0 Å². The van der Waals surface area contributed by atoms with Crippen LogP contribution in [0, 0.1) is 5.92 Å². The van der Waals surface area contributed by atoms with Gasteiger partial charge in [-0.2, -0.15) is 0 Å². The van der Waals surface area contributed by atoms with E-state index in [9.17, 15) is 19.2 Å². The van der Waals surface area contributed by atoms with Gasteiger partial charge in [-0.1, -0.05) is 94.3 Å². The van der Waals surface area contributed by atoms with E-state index in [0.29, 0.717) is 18.4 Å². The third-order valence-corrected chi connectivity index (χ3v) is 6.95. The van der Waals surface area contributed by atoms with Crippen molar-refractivity contribution in [2.75, 3.05) is 6.54 Å². The molecule has 0 bridgehead atoms. The van der Waals surface area contributed by atoms with Crippen molar-refractivity contribution in [1.82, 2.24) is 15.5 Å². The van der Waals surface area contributed by atoms with Gasteiger partial charge in [0.25, 0.3) is 0 Å². The minimum absolute atomic E-state index is 0.0628. The van der Waals surface area contributed by atoms with Crippen LogP contribution in [0.3, 0.4) is 0 Å². The van der Waals surface area contributed by atoms with Crippen molar-refractivity contribution < 1.29 is 28.7 Å². The molecule has 0 heterocycles. The number of esters is 1. The number of benzene rings is 2. The van der Waals surface area contributed by atoms with Gasteiger partial charge in [-0.3, -0.25) is 9.59 Å². The monoisotopic (exact) mass is 637 g/mol. The Labute approximate surface area is 275 Å². The Morgan fingerprint density at radius 3 is 1.85 bits per heavy atom. The van der Waals surface area contributed by atoms with Crippen LogP contribution in [0.15, 0.2) is 60.7 Å². The molecule has 0 fully saturated rings. The molecule has 254 valence electrons. The molecular formula is C37H55N3O6. The van der Waals surface area contributed by atoms with Gasteiger partial charge in [0, 0.05) is 13.0 Å². The SMILES string of the molecule is CCCCCN(C(=O)C(CC(C)C)NC(=O)OC(C)(C)C)C(C(=O)NC(Cc1ccccc1)C(=O)OC(C)(C)C)c1ccccc1. The van der Waals surface area contributed by atoms with Crippen molar-refractivity contribution in [2.45, 2.75) is 124 Å². The highest BCUT2D eigenvalue weighted by Crippen LogP contribution is 2.25. The summed E-state index contributed by atoms with van der Waals surface area (Å²) in [4.78, 5) is 56.8. The zero-order valence-electron chi connectivity index (χ0n) is 29.2. The number of unbranched alkanes of at least 4 members (excludes halogenated alkanes) is 2. The average molecular weight is 638 g/mol. The molecule has 46 heavy (non-hydrogen) atoms. The van der Waals surface area contributed by atoms with E-state index in [-0.39, 0.29) is 18.9 Å². The Balaban J connectivity index is 2.57. The molecule has 9 nitrogen and oxygen atoms in total. The quantitative estimate of drug-likeness (QED) is 0.165. The number of nitrogens with zero attached hydrogens (tertiary/aromatic N) is 1. The third-order valence-electron chi connectivity index (χ3n) is 6.95. The summed E-state index contributed by atoms with van der Waals surface area (Å²) in [6.45, 7) is 16.9. The highest BCUT2D eigenvalue weighted by molar-refractivity contribution is 5.94. The first-order valence-electron chi connectivity index (χ1n) is 16.4. The summed E-state index contributed by atoms with van der Waals surface area (Å²) in [6.07, 6.45) is 2.26. The van der Waals surface area contributed by atoms with E-state index in [1.54, 1.807) is 58.6 Å². The van der Waals surface area contributed by atoms with Crippen LogP contribution in [-0.4, -0.2) is 58.6 Å². The molecule has 0 radical (unpaired) electrons. The van der Waals surface area contributed by atoms with Crippen LogP contribution in [-0.2, 0) is 30.3 Å². The highest BCUT2D eigenvalue weighted by Gasteiger charge is 2.38. The number of amides is 3. The van der Waals surface area contributed by atoms with Crippen LogP contribution in [0.2, 0.25) is 0 Å². The van der Waals surface area contributed by atoms with Gasteiger partial charge in [-0.25, -0.2) is 9.59 Å². The van der Waals surface area contributed by atoms with Crippen molar-refractivity contribution in [3.05, 3.63) is 71.8 Å². The average Bonchev–Trinajstić information content (AvgIpc) is 2.94. The molecule has 3 unspecified atom stereocenters. The second kappa shape index (κ2) is 17.7. The predicted octanol–water partition coefficient (Wildman–Crippen LogP) is 6.76. The molecule has 0 aliphatic rings. The molecule has 0 spiro atoms. The molecule has 3 atom stereocenters. The molecule has 2 N–H and O–H groups in total. The van der Waals surface area contributed by atoms with E-state index in [0.717, 1.165) is 18.4 Å². The van der Waals surface area contributed by atoms with E-state index in [1.807, 2.05) is 62.4 Å². The van der Waals surface area contributed by atoms with Crippen LogP contribution in [0.5, 0.6) is 0 Å².